The number of benzene rings is 2. The van der Waals surface area contributed by atoms with E-state index in [4.69, 9.17) is 20.5 Å². The van der Waals surface area contributed by atoms with E-state index < -0.39 is 0 Å². The van der Waals surface area contributed by atoms with Gasteiger partial charge in [0.1, 0.15) is 16.5 Å². The summed E-state index contributed by atoms with van der Waals surface area (Å²) < 4.78 is 5.49. The summed E-state index contributed by atoms with van der Waals surface area (Å²) >= 11 is 1.31. The molecule has 1 aliphatic rings. The quantitative estimate of drug-likeness (QED) is 0.701. The molecule has 1 aromatic heterocycles. The maximum absolute atomic E-state index is 5.82. The van der Waals surface area contributed by atoms with Gasteiger partial charge in [0, 0.05) is 25.3 Å². The lowest BCUT2D eigenvalue weighted by atomic mass is 10.1. The van der Waals surface area contributed by atoms with Crippen LogP contribution in [0, 0.1) is 0 Å². The number of nitrogens with zero attached hydrogens (tertiary/aromatic N) is 5. The smallest absolute Gasteiger partial charge is 0.213 e. The van der Waals surface area contributed by atoms with Gasteiger partial charge in [-0.25, -0.2) is 15.0 Å². The van der Waals surface area contributed by atoms with Gasteiger partial charge in [0.05, 0.1) is 18.9 Å². The average molecular weight is 404 g/mol. The molecule has 0 saturated carbocycles. The molecule has 0 fully saturated rings. The van der Waals surface area contributed by atoms with Gasteiger partial charge >= 0.3 is 0 Å². The third kappa shape index (κ3) is 3.74. The first-order valence-electron chi connectivity index (χ1n) is 8.94. The van der Waals surface area contributed by atoms with Crippen molar-refractivity contribution >= 4 is 44.5 Å². The van der Waals surface area contributed by atoms with E-state index in [-0.39, 0.29) is 0 Å². The second-order valence-electron chi connectivity index (χ2n) is 6.49. The lowest BCUT2D eigenvalue weighted by Gasteiger charge is -2.17. The maximum Gasteiger partial charge on any atom is 0.213 e. The topological polar surface area (TPSA) is 88.5 Å². The molecule has 29 heavy (non-hydrogen) atoms. The first kappa shape index (κ1) is 18.8. The molecule has 7 nitrogen and oxygen atoms in total. The Morgan fingerprint density at radius 2 is 1.72 bits per heavy atom. The molecule has 1 aliphatic heterocycles. The molecular weight excluding hydrogens is 384 g/mol. The molecule has 4 rings (SSSR count). The minimum absolute atomic E-state index is 0.495. The molecule has 0 aliphatic carbocycles. The Hall–Kier alpha value is -3.52. The normalized spacial score (nSPS) is 14.7. The second-order valence-corrected chi connectivity index (χ2v) is 7.53. The zero-order valence-corrected chi connectivity index (χ0v) is 17.1. The van der Waals surface area contributed by atoms with Crippen LogP contribution in [0.2, 0.25) is 0 Å². The molecule has 8 heteroatoms. The van der Waals surface area contributed by atoms with Crippen LogP contribution in [0.4, 0.5) is 15.8 Å². The Morgan fingerprint density at radius 1 is 1.00 bits per heavy atom. The summed E-state index contributed by atoms with van der Waals surface area (Å²) in [6, 6.07) is 15.7. The second kappa shape index (κ2) is 7.84. The third-order valence-corrected chi connectivity index (χ3v) is 5.06. The first-order valence-corrected chi connectivity index (χ1v) is 9.76. The summed E-state index contributed by atoms with van der Waals surface area (Å²) in [4.78, 5) is 20.5. The molecule has 2 heterocycles. The molecule has 3 aromatic rings. The Labute approximate surface area is 172 Å². The van der Waals surface area contributed by atoms with Crippen molar-refractivity contribution < 1.29 is 4.74 Å². The number of hydrogen-bond donors (Lipinski definition) is 1. The Kier molecular flexibility index (Phi) is 5.09. The monoisotopic (exact) mass is 404 g/mol. The van der Waals surface area contributed by atoms with E-state index in [0.717, 1.165) is 16.8 Å². The van der Waals surface area contributed by atoms with Crippen molar-refractivity contribution in [1.29, 1.82) is 0 Å². The lowest BCUT2D eigenvalue weighted by molar-refractivity contribution is 0.414. The first-order chi connectivity index (χ1) is 14.1. The van der Waals surface area contributed by atoms with Crippen molar-refractivity contribution in [1.82, 2.24) is 4.98 Å². The molecule has 2 aromatic carbocycles. The van der Waals surface area contributed by atoms with Crippen molar-refractivity contribution in [2.75, 3.05) is 31.8 Å². The van der Waals surface area contributed by atoms with Crippen LogP contribution in [0.5, 0.6) is 5.75 Å². The fraction of sp³-hybridized carbons (Fsp3) is 0.143. The highest BCUT2D eigenvalue weighted by Gasteiger charge is 2.25. The Balaban J connectivity index is 1.88. The minimum atomic E-state index is 0.495. The van der Waals surface area contributed by atoms with Crippen molar-refractivity contribution in [2.45, 2.75) is 0 Å². The molecule has 0 atom stereocenters. The molecular formula is C21H20N6OS. The number of para-hydroxylation sites is 2. The third-order valence-electron chi connectivity index (χ3n) is 4.34. The zero-order chi connectivity index (χ0) is 20.4. The highest BCUT2D eigenvalue weighted by Crippen LogP contribution is 2.29. The van der Waals surface area contributed by atoms with Gasteiger partial charge in [-0.3, -0.25) is 0 Å². The van der Waals surface area contributed by atoms with Gasteiger partial charge < -0.3 is 15.4 Å². The number of aromatic nitrogens is 1. The van der Waals surface area contributed by atoms with Crippen molar-refractivity contribution in [3.63, 3.8) is 0 Å². The van der Waals surface area contributed by atoms with Crippen molar-refractivity contribution in [3.05, 3.63) is 65.9 Å². The fourth-order valence-electron chi connectivity index (χ4n) is 3.03. The summed E-state index contributed by atoms with van der Waals surface area (Å²) in [5.41, 5.74) is 9.27. The van der Waals surface area contributed by atoms with Crippen LogP contribution in [0.3, 0.4) is 0 Å². The number of thiazole rings is 1. The minimum Gasteiger partial charge on any atom is -0.496 e. The van der Waals surface area contributed by atoms with Gasteiger partial charge in [0.25, 0.3) is 0 Å². The van der Waals surface area contributed by atoms with Gasteiger partial charge in [-0.15, -0.1) is 0 Å². The largest absolute Gasteiger partial charge is 0.496 e. The maximum atomic E-state index is 5.82. The van der Waals surface area contributed by atoms with Gasteiger partial charge in [0.2, 0.25) is 5.13 Å². The van der Waals surface area contributed by atoms with Crippen LogP contribution in [-0.2, 0) is 0 Å². The predicted octanol–water partition coefficient (Wildman–Crippen LogP) is 3.78. The van der Waals surface area contributed by atoms with E-state index in [9.17, 15) is 0 Å². The lowest BCUT2D eigenvalue weighted by Crippen LogP contribution is -2.17. The number of anilines is 2. The van der Waals surface area contributed by atoms with Gasteiger partial charge in [-0.05, 0) is 18.2 Å². The molecule has 0 radical (unpaired) electrons. The van der Waals surface area contributed by atoms with Gasteiger partial charge in [-0.2, -0.15) is 4.99 Å². The molecule has 0 amide bonds. The Morgan fingerprint density at radius 3 is 2.41 bits per heavy atom. The van der Waals surface area contributed by atoms with E-state index in [0.29, 0.717) is 33.3 Å². The molecule has 0 bridgehead atoms. The number of rotatable bonds is 5. The predicted molar refractivity (Wildman–Crippen MR) is 120 cm³/mol. The highest BCUT2D eigenvalue weighted by molar-refractivity contribution is 7.19. The van der Waals surface area contributed by atoms with Crippen LogP contribution in [0.25, 0.3) is 0 Å². The van der Waals surface area contributed by atoms with Crippen LogP contribution in [0.15, 0.2) is 69.7 Å². The van der Waals surface area contributed by atoms with Crippen LogP contribution >= 0.6 is 11.3 Å². The Bertz CT molecular complexity index is 1150. The fourth-order valence-corrected chi connectivity index (χ4v) is 3.58. The van der Waals surface area contributed by atoms with E-state index in [1.54, 1.807) is 13.3 Å². The summed E-state index contributed by atoms with van der Waals surface area (Å²) in [6.07, 6.45) is 1.59. The molecule has 0 saturated heterocycles. The summed E-state index contributed by atoms with van der Waals surface area (Å²) in [5.74, 6) is 1.75. The number of hydrogen-bond acceptors (Lipinski definition) is 7. The van der Waals surface area contributed by atoms with Crippen molar-refractivity contribution in [3.8, 4) is 5.75 Å². The number of nitrogens with two attached hydrogens (primary N) is 1. The van der Waals surface area contributed by atoms with E-state index >= 15 is 0 Å². The number of nitrogen functional groups attached to an aromatic ring is 1. The summed E-state index contributed by atoms with van der Waals surface area (Å²) in [5, 5.41) is 1.14. The summed E-state index contributed by atoms with van der Waals surface area (Å²) in [7, 11) is 5.62. The number of methoxy groups -OCH3 is 1. The van der Waals surface area contributed by atoms with E-state index in [1.165, 1.54) is 11.3 Å². The molecule has 146 valence electrons. The van der Waals surface area contributed by atoms with Crippen LogP contribution in [0.1, 0.15) is 11.1 Å². The van der Waals surface area contributed by atoms with Crippen molar-refractivity contribution in [2.24, 2.45) is 15.0 Å². The standard InChI is InChI=1S/C21H20N6OS/c1-27(2)15-10-6-4-8-13(15)18-20(26-21-23-12-17(22)29-21)25-19(24-18)14-9-5-7-11-16(14)28-3/h4-12H,22H2,1-3H3. The van der Waals surface area contributed by atoms with Crippen LogP contribution < -0.4 is 15.4 Å². The zero-order valence-electron chi connectivity index (χ0n) is 16.3. The number of aliphatic imine (C=N–C) groups is 3. The molecule has 0 unspecified atom stereocenters. The number of ether oxygens (including phenoxy) is 1. The highest BCUT2D eigenvalue weighted by atomic mass is 32.1. The number of amidine groups is 2. The average Bonchev–Trinajstić information content (AvgIpc) is 3.34. The van der Waals surface area contributed by atoms with Gasteiger partial charge in [0.15, 0.2) is 11.7 Å². The molecule has 2 N–H and O–H groups in total. The van der Waals surface area contributed by atoms with Crippen LogP contribution in [-0.4, -0.2) is 43.6 Å². The van der Waals surface area contributed by atoms with Gasteiger partial charge in [-0.1, -0.05) is 41.7 Å². The molecule has 0 spiro atoms. The summed E-state index contributed by atoms with van der Waals surface area (Å²) in [6.45, 7) is 0. The van der Waals surface area contributed by atoms with E-state index in [1.807, 2.05) is 67.5 Å². The van der Waals surface area contributed by atoms with E-state index in [2.05, 4.69) is 9.98 Å². The SMILES string of the molecule is COc1ccccc1C1=NC(=Nc2ncc(N)s2)C(c2ccccc2N(C)C)=N1.